The Morgan fingerprint density at radius 2 is 0.585 bits per heavy atom. The molecule has 0 heterocycles. The fraction of sp³-hybridized carbons (Fsp3) is 0.429. The van der Waals surface area contributed by atoms with Crippen molar-refractivity contribution in [3.8, 4) is 45.6 Å². The number of hydrogen-bond acceptors (Lipinski definition) is 10. The first-order chi connectivity index (χ1) is 39.7. The van der Waals surface area contributed by atoms with Crippen LogP contribution in [0.5, 0.6) is 34.5 Å². The maximum Gasteiger partial charge on any atom is 0.343 e. The first-order valence-electron chi connectivity index (χ1n) is 30.4. The molecule has 6 aromatic rings. The summed E-state index contributed by atoms with van der Waals surface area (Å²) < 4.78 is 34.4. The summed E-state index contributed by atoms with van der Waals surface area (Å²) in [5.41, 5.74) is 2.93. The SMILES string of the molecule is CC[Si](C)(C)CCCCCCCCCCCOc1ccc(C(=O)Oc2ccc(C(=O)Oc3ccc(-c4cccc(OC(=O)c5ccc(OC(=O)c6ccc(OCCCCCCCCCCC[Si](C)(C)CC)cc6)cc5)c4)cc3)cc2)cc1. The van der Waals surface area contributed by atoms with E-state index >= 15 is 0 Å². The summed E-state index contributed by atoms with van der Waals surface area (Å²) in [7, 11) is -1.83. The minimum atomic E-state index is -0.914. The number of benzene rings is 6. The van der Waals surface area contributed by atoms with Gasteiger partial charge in [0.05, 0.1) is 35.5 Å². The lowest BCUT2D eigenvalue weighted by atomic mass is 10.1. The van der Waals surface area contributed by atoms with E-state index in [0.29, 0.717) is 58.8 Å². The van der Waals surface area contributed by atoms with Crippen molar-refractivity contribution in [3.05, 3.63) is 168 Å². The van der Waals surface area contributed by atoms with Gasteiger partial charge in [0.2, 0.25) is 0 Å². The number of carbonyl (C=O) groups excluding carboxylic acids is 4. The molecule has 438 valence electrons. The molecule has 0 radical (unpaired) electrons. The quantitative estimate of drug-likeness (QED) is 0.0161. The van der Waals surface area contributed by atoms with Gasteiger partial charge in [0.25, 0.3) is 0 Å². The van der Waals surface area contributed by atoms with E-state index < -0.39 is 40.0 Å². The highest BCUT2D eigenvalue weighted by Crippen LogP contribution is 2.29. The van der Waals surface area contributed by atoms with Crippen molar-refractivity contribution < 1.29 is 47.6 Å². The third kappa shape index (κ3) is 23.6. The van der Waals surface area contributed by atoms with E-state index in [1.165, 1.54) is 114 Å². The fourth-order valence-corrected chi connectivity index (χ4v) is 12.6. The van der Waals surface area contributed by atoms with E-state index in [9.17, 15) is 19.2 Å². The molecule has 0 aromatic heterocycles. The Hall–Kier alpha value is -6.77. The lowest BCUT2D eigenvalue weighted by molar-refractivity contribution is 0.0720. The Bertz CT molecular complexity index is 2840. The lowest BCUT2D eigenvalue weighted by Gasteiger charge is -2.19. The average Bonchev–Trinajstić information content (AvgIpc) is 3.63. The molecule has 0 amide bonds. The zero-order valence-corrected chi connectivity index (χ0v) is 51.9. The van der Waals surface area contributed by atoms with Crippen molar-refractivity contribution in [1.82, 2.24) is 0 Å². The smallest absolute Gasteiger partial charge is 0.343 e. The molecule has 0 unspecified atom stereocenters. The van der Waals surface area contributed by atoms with Gasteiger partial charge in [-0.2, -0.15) is 0 Å². The van der Waals surface area contributed by atoms with Gasteiger partial charge in [-0.25, -0.2) is 19.2 Å². The standard InChI is InChI=1S/C70H90O10Si2/c1-7-81(3,4)52-25-21-17-13-9-11-15-19-23-50-75-61-40-32-56(33-41-61)67(71)78-64-46-36-58(37-47-64)69(73)77-63-44-30-55(31-45-63)60-28-27-29-66(54-60)80-70(74)59-38-48-65(49-39-59)79-68(72)57-34-42-62(43-35-57)76-51-24-20-16-12-10-14-18-22-26-53-82(5,6)8-2/h27-49,54H,7-26,50-53H2,1-6H3. The predicted octanol–water partition coefficient (Wildman–Crippen LogP) is 19.5. The molecule has 6 rings (SSSR count). The van der Waals surface area contributed by atoms with Gasteiger partial charge in [0.1, 0.15) is 34.5 Å². The Balaban J connectivity index is 0.837. The van der Waals surface area contributed by atoms with Gasteiger partial charge >= 0.3 is 23.9 Å². The van der Waals surface area contributed by atoms with Gasteiger partial charge in [0.15, 0.2) is 0 Å². The number of ether oxygens (including phenoxy) is 6. The third-order valence-corrected chi connectivity index (χ3v) is 22.9. The summed E-state index contributed by atoms with van der Waals surface area (Å²) in [4.78, 5) is 52.0. The normalized spacial score (nSPS) is 11.4. The van der Waals surface area contributed by atoms with E-state index in [1.54, 1.807) is 140 Å². The molecular formula is C70H90O10Si2. The molecule has 0 aliphatic carbocycles. The molecule has 0 saturated carbocycles. The Labute approximate surface area is 491 Å². The first-order valence-corrected chi connectivity index (χ1v) is 37.3. The molecule has 0 atom stereocenters. The summed E-state index contributed by atoms with van der Waals surface area (Å²) in [6.07, 6.45) is 23.0. The molecule has 0 bridgehead atoms. The monoisotopic (exact) mass is 1150 g/mol. The fourth-order valence-electron chi connectivity index (χ4n) is 9.43. The molecule has 0 spiro atoms. The largest absolute Gasteiger partial charge is 0.494 e. The lowest BCUT2D eigenvalue weighted by Crippen LogP contribution is -2.22. The minimum absolute atomic E-state index is 0.281. The minimum Gasteiger partial charge on any atom is -0.494 e. The molecule has 6 aromatic carbocycles. The van der Waals surface area contributed by atoms with Crippen molar-refractivity contribution in [2.75, 3.05) is 13.2 Å². The summed E-state index contributed by atoms with van der Waals surface area (Å²) >= 11 is 0. The predicted molar refractivity (Wildman–Crippen MR) is 337 cm³/mol. The number of unbranched alkanes of at least 4 members (excludes halogenated alkanes) is 16. The molecule has 0 saturated heterocycles. The van der Waals surface area contributed by atoms with Gasteiger partial charge in [0, 0.05) is 16.1 Å². The topological polar surface area (TPSA) is 124 Å². The maximum atomic E-state index is 13.2. The van der Waals surface area contributed by atoms with Crippen LogP contribution in [0.1, 0.15) is 171 Å². The van der Waals surface area contributed by atoms with Crippen LogP contribution in [0, 0.1) is 0 Å². The third-order valence-electron chi connectivity index (χ3n) is 15.7. The maximum absolute atomic E-state index is 13.2. The van der Waals surface area contributed by atoms with E-state index in [-0.39, 0.29) is 11.1 Å². The van der Waals surface area contributed by atoms with Gasteiger partial charge in [-0.15, -0.1) is 0 Å². The molecule has 12 heteroatoms. The van der Waals surface area contributed by atoms with Crippen molar-refractivity contribution >= 4 is 40.0 Å². The summed E-state index contributed by atoms with van der Waals surface area (Å²) in [6.45, 7) is 16.0. The highest BCUT2D eigenvalue weighted by atomic mass is 28.3. The van der Waals surface area contributed by atoms with Crippen LogP contribution < -0.4 is 28.4 Å². The van der Waals surface area contributed by atoms with E-state index in [4.69, 9.17) is 28.4 Å². The van der Waals surface area contributed by atoms with Crippen LogP contribution in [0.15, 0.2) is 146 Å². The number of hydrogen-bond donors (Lipinski definition) is 0. The van der Waals surface area contributed by atoms with Crippen LogP contribution in [0.25, 0.3) is 11.1 Å². The van der Waals surface area contributed by atoms with Crippen LogP contribution in [-0.2, 0) is 0 Å². The van der Waals surface area contributed by atoms with E-state index in [0.717, 1.165) is 36.8 Å². The second-order valence-electron chi connectivity index (χ2n) is 23.3. The number of carbonyl (C=O) groups is 4. The highest BCUT2D eigenvalue weighted by Gasteiger charge is 2.19. The van der Waals surface area contributed by atoms with Crippen LogP contribution >= 0.6 is 0 Å². The zero-order valence-electron chi connectivity index (χ0n) is 49.9. The van der Waals surface area contributed by atoms with Crippen molar-refractivity contribution in [2.24, 2.45) is 0 Å². The van der Waals surface area contributed by atoms with Crippen LogP contribution in [0.3, 0.4) is 0 Å². The van der Waals surface area contributed by atoms with Crippen LogP contribution in [0.2, 0.25) is 50.4 Å². The summed E-state index contributed by atoms with van der Waals surface area (Å²) in [5, 5.41) is 0. The van der Waals surface area contributed by atoms with Gasteiger partial charge in [-0.05, 0) is 145 Å². The van der Waals surface area contributed by atoms with Crippen LogP contribution in [0.4, 0.5) is 0 Å². The number of rotatable bonds is 37. The Morgan fingerprint density at radius 1 is 0.305 bits per heavy atom. The summed E-state index contributed by atoms with van der Waals surface area (Å²) in [6, 6.07) is 46.0. The van der Waals surface area contributed by atoms with Crippen molar-refractivity contribution in [1.29, 1.82) is 0 Å². The summed E-state index contributed by atoms with van der Waals surface area (Å²) in [5.74, 6) is 0.503. The Kier molecular flexibility index (Phi) is 27.2. The molecule has 0 aliphatic rings. The molecule has 0 fully saturated rings. The van der Waals surface area contributed by atoms with E-state index in [1.807, 2.05) is 6.07 Å². The highest BCUT2D eigenvalue weighted by molar-refractivity contribution is 6.77. The molecule has 82 heavy (non-hydrogen) atoms. The van der Waals surface area contributed by atoms with Crippen LogP contribution in [-0.4, -0.2) is 53.2 Å². The Morgan fingerprint density at radius 3 is 0.915 bits per heavy atom. The second kappa shape index (κ2) is 34.6. The second-order valence-corrected chi connectivity index (χ2v) is 34.4. The number of esters is 4. The molecule has 10 nitrogen and oxygen atoms in total. The first kappa shape index (κ1) is 64.4. The molecule has 0 N–H and O–H groups in total. The molecular weight excluding hydrogens is 1060 g/mol. The van der Waals surface area contributed by atoms with Gasteiger partial charge in [-0.1, -0.05) is 191 Å². The van der Waals surface area contributed by atoms with E-state index in [2.05, 4.69) is 40.0 Å². The van der Waals surface area contributed by atoms with Crippen molar-refractivity contribution in [2.45, 2.75) is 180 Å². The van der Waals surface area contributed by atoms with Crippen molar-refractivity contribution in [3.63, 3.8) is 0 Å². The zero-order chi connectivity index (χ0) is 58.4. The van der Waals surface area contributed by atoms with Gasteiger partial charge < -0.3 is 28.4 Å². The molecule has 0 aliphatic heterocycles. The van der Waals surface area contributed by atoms with Gasteiger partial charge in [-0.3, -0.25) is 0 Å². The average molecular weight is 1150 g/mol.